The van der Waals surface area contributed by atoms with E-state index in [0.717, 1.165) is 12.1 Å². The molecule has 1 fully saturated rings. The van der Waals surface area contributed by atoms with E-state index in [9.17, 15) is 8.42 Å². The molecule has 0 N–H and O–H groups in total. The summed E-state index contributed by atoms with van der Waals surface area (Å²) in [7, 11) is -2.79. The predicted molar refractivity (Wildman–Crippen MR) is 68.3 cm³/mol. The topological polar surface area (TPSA) is 37.4 Å². The smallest absolute Gasteiger partial charge is 0.152 e. The van der Waals surface area contributed by atoms with E-state index in [1.54, 1.807) is 0 Å². The molecule has 4 heteroatoms. The van der Waals surface area contributed by atoms with Gasteiger partial charge in [-0.2, -0.15) is 0 Å². The minimum atomic E-state index is -2.79. The first-order valence-corrected chi connectivity index (χ1v) is 7.39. The SMILES string of the molecule is C#Cc1ccc(CN2CCS(=O)(=O)CC2)cc1. The summed E-state index contributed by atoms with van der Waals surface area (Å²) < 4.78 is 22.6. The Morgan fingerprint density at radius 3 is 2.29 bits per heavy atom. The van der Waals surface area contributed by atoms with Gasteiger partial charge in [-0.15, -0.1) is 6.42 Å². The molecule has 0 atom stereocenters. The lowest BCUT2D eigenvalue weighted by atomic mass is 10.1. The molecule has 1 aromatic carbocycles. The molecule has 2 rings (SSSR count). The number of hydrogen-bond acceptors (Lipinski definition) is 3. The monoisotopic (exact) mass is 249 g/mol. The molecule has 3 nitrogen and oxygen atoms in total. The molecule has 0 radical (unpaired) electrons. The second kappa shape index (κ2) is 4.91. The highest BCUT2D eigenvalue weighted by Crippen LogP contribution is 2.10. The first-order valence-electron chi connectivity index (χ1n) is 5.57. The van der Waals surface area contributed by atoms with Crippen molar-refractivity contribution in [2.24, 2.45) is 0 Å². The van der Waals surface area contributed by atoms with Gasteiger partial charge in [0, 0.05) is 25.2 Å². The molecule has 1 aliphatic heterocycles. The molecular formula is C13H15NO2S. The number of rotatable bonds is 2. The van der Waals surface area contributed by atoms with Crippen LogP contribution >= 0.6 is 0 Å². The molecule has 90 valence electrons. The van der Waals surface area contributed by atoms with Gasteiger partial charge in [-0.1, -0.05) is 18.1 Å². The minimum absolute atomic E-state index is 0.273. The first kappa shape index (κ1) is 12.2. The molecule has 1 saturated heterocycles. The van der Waals surface area contributed by atoms with Crippen molar-refractivity contribution >= 4 is 9.84 Å². The maximum Gasteiger partial charge on any atom is 0.152 e. The molecule has 0 aliphatic carbocycles. The van der Waals surface area contributed by atoms with E-state index < -0.39 is 9.84 Å². The van der Waals surface area contributed by atoms with Crippen LogP contribution in [0, 0.1) is 12.3 Å². The standard InChI is InChI=1S/C13H15NO2S/c1-2-12-3-5-13(6-4-12)11-14-7-9-17(15,16)10-8-14/h1,3-6H,7-11H2. The van der Waals surface area contributed by atoms with Crippen LogP contribution in [0.1, 0.15) is 11.1 Å². The Kier molecular flexibility index (Phi) is 3.51. The van der Waals surface area contributed by atoms with Crippen LogP contribution in [-0.4, -0.2) is 37.9 Å². The van der Waals surface area contributed by atoms with Crippen molar-refractivity contribution in [2.75, 3.05) is 24.6 Å². The highest BCUT2D eigenvalue weighted by molar-refractivity contribution is 7.91. The third-order valence-electron chi connectivity index (χ3n) is 2.96. The van der Waals surface area contributed by atoms with Gasteiger partial charge in [-0.3, -0.25) is 4.90 Å². The van der Waals surface area contributed by atoms with Gasteiger partial charge >= 0.3 is 0 Å². The molecule has 0 saturated carbocycles. The van der Waals surface area contributed by atoms with Crippen molar-refractivity contribution in [2.45, 2.75) is 6.54 Å². The van der Waals surface area contributed by atoms with E-state index in [2.05, 4.69) is 10.8 Å². The number of benzene rings is 1. The van der Waals surface area contributed by atoms with E-state index in [0.29, 0.717) is 13.1 Å². The van der Waals surface area contributed by atoms with Gasteiger partial charge in [0.25, 0.3) is 0 Å². The summed E-state index contributed by atoms with van der Waals surface area (Å²) in [5.41, 5.74) is 2.04. The summed E-state index contributed by atoms with van der Waals surface area (Å²) in [4.78, 5) is 2.16. The zero-order chi connectivity index (χ0) is 12.3. The third kappa shape index (κ3) is 3.32. The molecule has 0 spiro atoms. The summed E-state index contributed by atoms with van der Waals surface area (Å²) in [5.74, 6) is 3.12. The zero-order valence-electron chi connectivity index (χ0n) is 9.59. The first-order chi connectivity index (χ1) is 8.09. The van der Waals surface area contributed by atoms with Crippen molar-refractivity contribution in [1.29, 1.82) is 0 Å². The van der Waals surface area contributed by atoms with Crippen LogP contribution in [0.4, 0.5) is 0 Å². The van der Waals surface area contributed by atoms with Gasteiger partial charge < -0.3 is 0 Å². The summed E-state index contributed by atoms with van der Waals surface area (Å²) in [6.07, 6.45) is 5.29. The fraction of sp³-hybridized carbons (Fsp3) is 0.385. The van der Waals surface area contributed by atoms with Crippen molar-refractivity contribution in [3.05, 3.63) is 35.4 Å². The Labute approximate surface area is 102 Å². The quantitative estimate of drug-likeness (QED) is 0.731. The summed E-state index contributed by atoms with van der Waals surface area (Å²) >= 11 is 0. The Morgan fingerprint density at radius 1 is 1.18 bits per heavy atom. The largest absolute Gasteiger partial charge is 0.297 e. The van der Waals surface area contributed by atoms with E-state index >= 15 is 0 Å². The number of terminal acetylenes is 1. The van der Waals surface area contributed by atoms with E-state index in [4.69, 9.17) is 6.42 Å². The highest BCUT2D eigenvalue weighted by Gasteiger charge is 2.21. The number of sulfone groups is 1. The van der Waals surface area contributed by atoms with Crippen LogP contribution in [0.15, 0.2) is 24.3 Å². The Bertz CT molecular complexity index is 512. The normalized spacial score (nSPS) is 19.7. The van der Waals surface area contributed by atoms with Crippen LogP contribution in [-0.2, 0) is 16.4 Å². The average molecular weight is 249 g/mol. The molecule has 1 heterocycles. The second-order valence-corrected chi connectivity index (χ2v) is 6.57. The maximum atomic E-state index is 11.3. The van der Waals surface area contributed by atoms with E-state index in [1.165, 1.54) is 5.56 Å². The van der Waals surface area contributed by atoms with E-state index in [-0.39, 0.29) is 11.5 Å². The van der Waals surface area contributed by atoms with Gasteiger partial charge in [0.05, 0.1) is 11.5 Å². The number of nitrogens with zero attached hydrogens (tertiary/aromatic N) is 1. The van der Waals surface area contributed by atoms with Crippen LogP contribution < -0.4 is 0 Å². The molecule has 0 unspecified atom stereocenters. The fourth-order valence-electron chi connectivity index (χ4n) is 1.87. The predicted octanol–water partition coefficient (Wildman–Crippen LogP) is 0.898. The van der Waals surface area contributed by atoms with Gasteiger partial charge in [-0.25, -0.2) is 8.42 Å². The van der Waals surface area contributed by atoms with Gasteiger partial charge in [-0.05, 0) is 17.7 Å². The Morgan fingerprint density at radius 2 is 1.76 bits per heavy atom. The zero-order valence-corrected chi connectivity index (χ0v) is 10.4. The van der Waals surface area contributed by atoms with Crippen molar-refractivity contribution in [3.8, 4) is 12.3 Å². The molecular weight excluding hydrogens is 234 g/mol. The minimum Gasteiger partial charge on any atom is -0.297 e. The van der Waals surface area contributed by atoms with Crippen molar-refractivity contribution in [1.82, 2.24) is 4.90 Å². The summed E-state index contributed by atoms with van der Waals surface area (Å²) in [5, 5.41) is 0. The summed E-state index contributed by atoms with van der Waals surface area (Å²) in [6.45, 7) is 2.04. The molecule has 1 aliphatic rings. The van der Waals surface area contributed by atoms with Crippen LogP contribution in [0.2, 0.25) is 0 Å². The summed E-state index contributed by atoms with van der Waals surface area (Å²) in [6, 6.07) is 7.82. The lowest BCUT2D eigenvalue weighted by molar-refractivity contribution is 0.287. The molecule has 1 aromatic rings. The molecule has 0 amide bonds. The average Bonchev–Trinajstić information content (AvgIpc) is 2.33. The van der Waals surface area contributed by atoms with Gasteiger partial charge in [0.2, 0.25) is 0 Å². The Balaban J connectivity index is 1.96. The molecule has 0 aromatic heterocycles. The molecule has 0 bridgehead atoms. The van der Waals surface area contributed by atoms with Gasteiger partial charge in [0.15, 0.2) is 9.84 Å². The van der Waals surface area contributed by atoms with Gasteiger partial charge in [0.1, 0.15) is 0 Å². The van der Waals surface area contributed by atoms with Crippen molar-refractivity contribution in [3.63, 3.8) is 0 Å². The van der Waals surface area contributed by atoms with Crippen LogP contribution in [0.5, 0.6) is 0 Å². The highest BCUT2D eigenvalue weighted by atomic mass is 32.2. The fourth-order valence-corrected chi connectivity index (χ4v) is 3.15. The lowest BCUT2D eigenvalue weighted by Crippen LogP contribution is -2.39. The molecule has 17 heavy (non-hydrogen) atoms. The van der Waals surface area contributed by atoms with Crippen LogP contribution in [0.25, 0.3) is 0 Å². The Hall–Kier alpha value is -1.31. The number of hydrogen-bond donors (Lipinski definition) is 0. The van der Waals surface area contributed by atoms with Crippen molar-refractivity contribution < 1.29 is 8.42 Å². The maximum absolute atomic E-state index is 11.3. The van der Waals surface area contributed by atoms with E-state index in [1.807, 2.05) is 24.3 Å². The second-order valence-electron chi connectivity index (χ2n) is 4.27. The lowest BCUT2D eigenvalue weighted by Gasteiger charge is -2.26. The van der Waals surface area contributed by atoms with Crippen LogP contribution in [0.3, 0.4) is 0 Å². The third-order valence-corrected chi connectivity index (χ3v) is 4.57.